The van der Waals surface area contributed by atoms with Gasteiger partial charge in [0, 0.05) is 11.3 Å². The summed E-state index contributed by atoms with van der Waals surface area (Å²) in [6, 6.07) is 15.6. The van der Waals surface area contributed by atoms with E-state index in [9.17, 15) is 18.0 Å². The molecule has 0 saturated heterocycles. The van der Waals surface area contributed by atoms with E-state index in [2.05, 4.69) is 15.5 Å². The zero-order valence-corrected chi connectivity index (χ0v) is 17.8. The van der Waals surface area contributed by atoms with Gasteiger partial charge in [-0.1, -0.05) is 17.3 Å². The number of hydrogen-bond donors (Lipinski definition) is 1. The first-order valence-electron chi connectivity index (χ1n) is 10.3. The Labute approximate surface area is 192 Å². The van der Waals surface area contributed by atoms with Crippen molar-refractivity contribution in [3.05, 3.63) is 107 Å². The highest BCUT2D eigenvalue weighted by Crippen LogP contribution is 2.39. The van der Waals surface area contributed by atoms with Crippen LogP contribution in [0.3, 0.4) is 0 Å². The van der Waals surface area contributed by atoms with Crippen molar-refractivity contribution in [2.75, 3.05) is 4.90 Å². The van der Waals surface area contributed by atoms with E-state index in [0.29, 0.717) is 28.1 Å². The van der Waals surface area contributed by atoms with Crippen molar-refractivity contribution in [3.63, 3.8) is 0 Å². The van der Waals surface area contributed by atoms with Gasteiger partial charge in [0.2, 0.25) is 5.82 Å². The zero-order valence-electron chi connectivity index (χ0n) is 17.8. The minimum atomic E-state index is -0.790. The Hall–Kier alpha value is -4.40. The normalized spacial score (nSPS) is 16.1. The van der Waals surface area contributed by atoms with Gasteiger partial charge >= 0.3 is 6.03 Å². The van der Waals surface area contributed by atoms with E-state index >= 15 is 0 Å². The van der Waals surface area contributed by atoms with Gasteiger partial charge in [0.05, 0.1) is 17.3 Å². The zero-order chi connectivity index (χ0) is 23.8. The molecule has 34 heavy (non-hydrogen) atoms. The molecule has 3 aromatic carbocycles. The SMILES string of the molecule is CC1=C(c2nc(-c3ccc(F)cc3)no2)C(c2cccc(F)c2)NC(=O)N1c1ccc(F)cc1. The second-order valence-electron chi connectivity index (χ2n) is 7.68. The van der Waals surface area contributed by atoms with E-state index in [-0.39, 0.29) is 11.7 Å². The molecule has 1 aromatic heterocycles. The number of carbonyl (C=O) groups excluding carboxylic acids is 1. The molecule has 5 rings (SSSR count). The van der Waals surface area contributed by atoms with E-state index in [1.807, 2.05) is 0 Å². The summed E-state index contributed by atoms with van der Waals surface area (Å²) in [7, 11) is 0. The monoisotopic (exact) mass is 462 g/mol. The highest BCUT2D eigenvalue weighted by Gasteiger charge is 2.36. The molecular weight excluding hydrogens is 445 g/mol. The number of allylic oxidation sites excluding steroid dienone is 1. The Bertz CT molecular complexity index is 1400. The predicted molar refractivity (Wildman–Crippen MR) is 119 cm³/mol. The summed E-state index contributed by atoms with van der Waals surface area (Å²) in [5.74, 6) is -0.998. The van der Waals surface area contributed by atoms with Gasteiger partial charge in [-0.15, -0.1) is 0 Å². The number of urea groups is 1. The molecule has 6 nitrogen and oxygen atoms in total. The lowest BCUT2D eigenvalue weighted by atomic mass is 9.94. The molecule has 4 aromatic rings. The number of carbonyl (C=O) groups is 1. The average Bonchev–Trinajstić information content (AvgIpc) is 3.30. The van der Waals surface area contributed by atoms with Crippen molar-refractivity contribution in [1.82, 2.24) is 15.5 Å². The molecule has 1 unspecified atom stereocenters. The van der Waals surface area contributed by atoms with Crippen molar-refractivity contribution in [2.24, 2.45) is 0 Å². The summed E-state index contributed by atoms with van der Waals surface area (Å²) < 4.78 is 46.4. The van der Waals surface area contributed by atoms with Gasteiger partial charge in [0.1, 0.15) is 17.5 Å². The molecule has 1 N–H and O–H groups in total. The first kappa shape index (κ1) is 21.4. The third-order valence-corrected chi connectivity index (χ3v) is 5.51. The van der Waals surface area contributed by atoms with Gasteiger partial charge in [-0.2, -0.15) is 4.98 Å². The smallest absolute Gasteiger partial charge is 0.326 e. The van der Waals surface area contributed by atoms with E-state index in [1.54, 1.807) is 13.0 Å². The van der Waals surface area contributed by atoms with Crippen LogP contribution in [-0.4, -0.2) is 16.2 Å². The summed E-state index contributed by atoms with van der Waals surface area (Å²) in [6.45, 7) is 1.69. The second-order valence-corrected chi connectivity index (χ2v) is 7.68. The summed E-state index contributed by atoms with van der Waals surface area (Å²) in [5, 5.41) is 6.85. The number of hydrogen-bond acceptors (Lipinski definition) is 4. The minimum absolute atomic E-state index is 0.0956. The third kappa shape index (κ3) is 3.92. The fraction of sp³-hybridized carbons (Fsp3) is 0.0800. The van der Waals surface area contributed by atoms with Gasteiger partial charge in [-0.25, -0.2) is 18.0 Å². The molecule has 1 aliphatic rings. The number of rotatable bonds is 4. The summed E-state index contributed by atoms with van der Waals surface area (Å²) in [6.07, 6.45) is 0. The van der Waals surface area contributed by atoms with Crippen LogP contribution in [0.1, 0.15) is 24.4 Å². The van der Waals surface area contributed by atoms with Gasteiger partial charge < -0.3 is 9.84 Å². The first-order chi connectivity index (χ1) is 16.4. The number of nitrogens with one attached hydrogen (secondary N) is 1. The number of anilines is 1. The van der Waals surface area contributed by atoms with Gasteiger partial charge in [0.15, 0.2) is 0 Å². The highest BCUT2D eigenvalue weighted by atomic mass is 19.1. The Morgan fingerprint density at radius 1 is 0.912 bits per heavy atom. The molecule has 0 aliphatic carbocycles. The van der Waals surface area contributed by atoms with Crippen molar-refractivity contribution >= 4 is 17.3 Å². The average molecular weight is 462 g/mol. The van der Waals surface area contributed by atoms with Crippen LogP contribution in [0.2, 0.25) is 0 Å². The molecule has 2 heterocycles. The molecule has 0 fully saturated rings. The lowest BCUT2D eigenvalue weighted by Gasteiger charge is -2.35. The summed E-state index contributed by atoms with van der Waals surface area (Å²) in [4.78, 5) is 18.9. The molecule has 1 aliphatic heterocycles. The lowest BCUT2D eigenvalue weighted by molar-refractivity contribution is 0.244. The predicted octanol–water partition coefficient (Wildman–Crippen LogP) is 5.86. The summed E-state index contributed by atoms with van der Waals surface area (Å²) >= 11 is 0. The molecule has 1 atom stereocenters. The molecule has 2 amide bonds. The fourth-order valence-corrected chi connectivity index (χ4v) is 3.91. The van der Waals surface area contributed by atoms with Gasteiger partial charge in [-0.3, -0.25) is 4.90 Å². The van der Waals surface area contributed by atoms with Crippen molar-refractivity contribution < 1.29 is 22.5 Å². The minimum Gasteiger partial charge on any atom is -0.334 e. The molecule has 0 saturated carbocycles. The standard InChI is InChI=1S/C25H17F3N4O2/c1-14-21(24-30-23(31-34-24)15-5-7-17(26)8-6-15)22(16-3-2-4-19(28)13-16)29-25(33)32(14)20-11-9-18(27)10-12-20/h2-13,22H,1H3,(H,29,33). The fourth-order valence-electron chi connectivity index (χ4n) is 3.91. The first-order valence-corrected chi connectivity index (χ1v) is 10.3. The van der Waals surface area contributed by atoms with Crippen molar-refractivity contribution in [2.45, 2.75) is 13.0 Å². The van der Waals surface area contributed by atoms with Crippen LogP contribution in [-0.2, 0) is 0 Å². The molecule has 0 bridgehead atoms. The Balaban J connectivity index is 1.65. The van der Waals surface area contributed by atoms with Crippen LogP contribution in [0.15, 0.2) is 83.0 Å². The van der Waals surface area contributed by atoms with E-state index in [1.165, 1.54) is 71.6 Å². The molecule has 0 radical (unpaired) electrons. The van der Waals surface area contributed by atoms with Crippen LogP contribution < -0.4 is 10.2 Å². The maximum Gasteiger partial charge on any atom is 0.326 e. The number of aromatic nitrogens is 2. The quantitative estimate of drug-likeness (QED) is 0.413. The number of nitrogens with zero attached hydrogens (tertiary/aromatic N) is 3. The maximum atomic E-state index is 14.0. The van der Waals surface area contributed by atoms with Crippen LogP contribution in [0, 0.1) is 17.5 Å². The van der Waals surface area contributed by atoms with Crippen LogP contribution >= 0.6 is 0 Å². The Kier molecular flexibility index (Phi) is 5.37. The van der Waals surface area contributed by atoms with Crippen LogP contribution in [0.4, 0.5) is 23.7 Å². The Morgan fingerprint density at radius 2 is 1.59 bits per heavy atom. The van der Waals surface area contributed by atoms with Crippen LogP contribution in [0.5, 0.6) is 0 Å². The number of benzene rings is 3. The molecule has 170 valence electrons. The van der Waals surface area contributed by atoms with E-state index in [0.717, 1.165) is 0 Å². The third-order valence-electron chi connectivity index (χ3n) is 5.51. The molecule has 0 spiro atoms. The number of halogens is 3. The maximum absolute atomic E-state index is 14.0. The van der Waals surface area contributed by atoms with E-state index < -0.39 is 29.5 Å². The topological polar surface area (TPSA) is 71.3 Å². The van der Waals surface area contributed by atoms with Crippen LogP contribution in [0.25, 0.3) is 17.0 Å². The van der Waals surface area contributed by atoms with E-state index in [4.69, 9.17) is 4.52 Å². The largest absolute Gasteiger partial charge is 0.334 e. The number of amides is 2. The van der Waals surface area contributed by atoms with Gasteiger partial charge in [-0.05, 0) is 73.2 Å². The highest BCUT2D eigenvalue weighted by molar-refractivity contribution is 6.01. The van der Waals surface area contributed by atoms with Crippen molar-refractivity contribution in [1.29, 1.82) is 0 Å². The Morgan fingerprint density at radius 3 is 2.26 bits per heavy atom. The van der Waals surface area contributed by atoms with Crippen molar-refractivity contribution in [3.8, 4) is 11.4 Å². The lowest BCUT2D eigenvalue weighted by Crippen LogP contribution is -2.46. The molecular formula is C25H17F3N4O2. The van der Waals surface area contributed by atoms with Gasteiger partial charge in [0.25, 0.3) is 5.89 Å². The summed E-state index contributed by atoms with van der Waals surface area (Å²) in [5.41, 5.74) is 2.31. The molecule has 9 heteroatoms. The second kappa shape index (κ2) is 8.51.